The molecule has 0 spiro atoms. The monoisotopic (exact) mass is 1500 g/mol. The fraction of sp³-hybridized carbons (Fsp3) is 0.851. The Morgan fingerprint density at radius 2 is 0.632 bits per heavy atom. The summed E-state index contributed by atoms with van der Waals surface area (Å²) >= 11 is 0. The average molecular weight is 1510 g/mol. The van der Waals surface area contributed by atoms with Crippen LogP contribution in [0.5, 0.6) is 0 Å². The SMILES string of the molecule is CCCCCCC/C=C\C/C=C\C/C=C\CCCCCCCCCCCCCCCCCCC(=O)NC(COC1OC(CO)C(OC2OC(CO)C(OC3OC(CO)C(O)C(O)C3O)C(O)C2O)C(O)C1O)C(O)/C=C/CC/C=C/CC/C=C/CCCCCCCCCCCCCCCCCCCCCC. The maximum Gasteiger partial charge on any atom is 0.220 e. The predicted molar refractivity (Wildman–Crippen MR) is 425 cm³/mol. The Bertz CT molecular complexity index is 2190. The minimum atomic E-state index is -1.99. The van der Waals surface area contributed by atoms with Gasteiger partial charge in [0.15, 0.2) is 18.9 Å². The molecule has 3 saturated heterocycles. The third-order valence-electron chi connectivity index (χ3n) is 21.2. The van der Waals surface area contributed by atoms with Gasteiger partial charge in [-0.05, 0) is 83.5 Å². The van der Waals surface area contributed by atoms with E-state index in [1.807, 2.05) is 6.08 Å². The van der Waals surface area contributed by atoms with Gasteiger partial charge in [0.1, 0.15) is 73.2 Å². The van der Waals surface area contributed by atoms with Crippen LogP contribution in [-0.2, 0) is 33.2 Å². The summed E-state index contributed by atoms with van der Waals surface area (Å²) in [6.45, 7) is 1.74. The van der Waals surface area contributed by atoms with Crippen LogP contribution in [0.4, 0.5) is 0 Å². The fourth-order valence-electron chi connectivity index (χ4n) is 14.3. The van der Waals surface area contributed by atoms with Crippen molar-refractivity contribution in [3.8, 4) is 0 Å². The van der Waals surface area contributed by atoms with Gasteiger partial charge in [-0.25, -0.2) is 0 Å². The first-order valence-electron chi connectivity index (χ1n) is 43.2. The highest BCUT2D eigenvalue weighted by Crippen LogP contribution is 2.33. The molecule has 1 amide bonds. The number of unbranched alkanes of at least 4 members (excludes halogenated alkanes) is 43. The van der Waals surface area contributed by atoms with Crippen LogP contribution in [0.2, 0.25) is 0 Å². The molecular weight excluding hydrogens is 1350 g/mol. The van der Waals surface area contributed by atoms with Crippen LogP contribution in [0.25, 0.3) is 0 Å². The molecule has 19 heteroatoms. The van der Waals surface area contributed by atoms with Crippen molar-refractivity contribution in [1.82, 2.24) is 5.32 Å². The number of aliphatic hydroxyl groups excluding tert-OH is 11. The Labute approximate surface area is 642 Å². The molecule has 12 N–H and O–H groups in total. The molecule has 618 valence electrons. The van der Waals surface area contributed by atoms with E-state index < -0.39 is 124 Å². The van der Waals surface area contributed by atoms with Gasteiger partial charge < -0.3 is 89.9 Å². The maximum atomic E-state index is 13.5. The molecule has 3 aliphatic heterocycles. The molecule has 0 aromatic rings. The predicted octanol–water partition coefficient (Wildman–Crippen LogP) is 15.6. The van der Waals surface area contributed by atoms with Crippen LogP contribution in [0.15, 0.2) is 72.9 Å². The van der Waals surface area contributed by atoms with Gasteiger partial charge in [0.25, 0.3) is 0 Å². The zero-order valence-corrected chi connectivity index (χ0v) is 66.4. The van der Waals surface area contributed by atoms with E-state index in [2.05, 4.69) is 79.9 Å². The normalized spacial score (nSPS) is 26.0. The molecule has 0 aromatic carbocycles. The summed E-state index contributed by atoms with van der Waals surface area (Å²) in [6, 6.07) is -1.00. The third kappa shape index (κ3) is 45.7. The van der Waals surface area contributed by atoms with E-state index in [0.717, 1.165) is 57.8 Å². The van der Waals surface area contributed by atoms with E-state index in [1.54, 1.807) is 6.08 Å². The van der Waals surface area contributed by atoms with Crippen LogP contribution in [0, 0.1) is 0 Å². The molecule has 19 nitrogen and oxygen atoms in total. The van der Waals surface area contributed by atoms with Gasteiger partial charge >= 0.3 is 0 Å². The number of aliphatic hydroxyl groups is 11. The number of carbonyl (C=O) groups is 1. The van der Waals surface area contributed by atoms with Gasteiger partial charge in [-0.3, -0.25) is 4.79 Å². The Balaban J connectivity index is 1.37. The Kier molecular flexibility index (Phi) is 61.4. The Morgan fingerprint density at radius 3 is 1.01 bits per heavy atom. The van der Waals surface area contributed by atoms with E-state index in [1.165, 1.54) is 250 Å². The molecule has 3 aliphatic rings. The molecule has 0 saturated carbocycles. The van der Waals surface area contributed by atoms with Crippen molar-refractivity contribution in [2.75, 3.05) is 26.4 Å². The van der Waals surface area contributed by atoms with Crippen LogP contribution < -0.4 is 5.32 Å². The maximum absolute atomic E-state index is 13.5. The van der Waals surface area contributed by atoms with Gasteiger partial charge in [0, 0.05) is 6.42 Å². The Hall–Kier alpha value is -2.77. The molecule has 3 fully saturated rings. The van der Waals surface area contributed by atoms with Gasteiger partial charge in [0.05, 0.1) is 38.6 Å². The van der Waals surface area contributed by atoms with Crippen LogP contribution in [0.1, 0.15) is 341 Å². The summed E-state index contributed by atoms with van der Waals surface area (Å²) in [5.41, 5.74) is 0. The molecule has 3 rings (SSSR count). The Morgan fingerprint density at radius 1 is 0.340 bits per heavy atom. The molecule has 3 heterocycles. The molecule has 17 atom stereocenters. The van der Waals surface area contributed by atoms with Crippen molar-refractivity contribution in [1.29, 1.82) is 0 Å². The van der Waals surface area contributed by atoms with E-state index in [0.29, 0.717) is 12.8 Å². The zero-order valence-electron chi connectivity index (χ0n) is 66.4. The van der Waals surface area contributed by atoms with Gasteiger partial charge in [-0.15, -0.1) is 0 Å². The average Bonchev–Trinajstić information content (AvgIpc) is 0.780. The lowest BCUT2D eigenvalue weighted by Gasteiger charge is -2.48. The molecule has 17 unspecified atom stereocenters. The van der Waals surface area contributed by atoms with Crippen molar-refractivity contribution in [2.24, 2.45) is 0 Å². The summed E-state index contributed by atoms with van der Waals surface area (Å²) in [6.07, 6.45) is 61.9. The van der Waals surface area contributed by atoms with Gasteiger partial charge in [-0.1, -0.05) is 324 Å². The van der Waals surface area contributed by atoms with Crippen molar-refractivity contribution in [3.63, 3.8) is 0 Å². The number of amides is 1. The molecule has 0 aromatic heterocycles. The van der Waals surface area contributed by atoms with Crippen molar-refractivity contribution in [2.45, 2.75) is 446 Å². The lowest BCUT2D eigenvalue weighted by molar-refractivity contribution is -0.379. The second-order valence-corrected chi connectivity index (χ2v) is 30.6. The largest absolute Gasteiger partial charge is 0.394 e. The minimum absolute atomic E-state index is 0.230. The summed E-state index contributed by atoms with van der Waals surface area (Å²) in [7, 11) is 0. The third-order valence-corrected chi connectivity index (χ3v) is 21.2. The highest BCUT2D eigenvalue weighted by Gasteiger charge is 2.54. The number of allylic oxidation sites excluding steroid dienone is 11. The zero-order chi connectivity index (χ0) is 76.7. The number of carbonyl (C=O) groups excluding carboxylic acids is 1. The van der Waals surface area contributed by atoms with Crippen molar-refractivity contribution in [3.05, 3.63) is 72.9 Å². The summed E-state index contributed by atoms with van der Waals surface area (Å²) in [5, 5.41) is 121. The quantitative estimate of drug-likeness (QED) is 0.0199. The molecule has 0 radical (unpaired) electrons. The minimum Gasteiger partial charge on any atom is -0.394 e. The van der Waals surface area contributed by atoms with Crippen LogP contribution in [0.3, 0.4) is 0 Å². The van der Waals surface area contributed by atoms with E-state index in [9.17, 15) is 61.0 Å². The second kappa shape index (κ2) is 66.8. The topological polar surface area (TPSA) is 307 Å². The lowest BCUT2D eigenvalue weighted by Crippen LogP contribution is -2.66. The van der Waals surface area contributed by atoms with Crippen molar-refractivity contribution < 1.29 is 89.4 Å². The van der Waals surface area contributed by atoms with Crippen molar-refractivity contribution >= 4 is 5.91 Å². The standard InChI is InChI=1S/C87H157NO18/c1-3-5-7-9-11-13-15-17-19-21-23-25-27-29-31-33-35-37-39-41-43-45-47-49-51-53-55-57-59-61-63-65-75(93)88-70(71(92)64-62-60-58-56-54-52-50-48-46-44-42-40-38-36-34-32-30-28-26-24-22-20-18-16-14-12-10-8-6-4-2)69-101-85-81(99)78(96)83(73(67-90)103-85)106-87-82(100)79(97)84(74(68-91)104-87)105-86-80(98)77(95)76(94)72(66-89)102-86/h15,17,21,23,27,29,46,48,54,56,62,64,70-74,76-87,89-92,94-100H,3-14,16,18-20,22,24-26,28,30-45,47,49-53,55,57-61,63,65-69H2,1-2H3,(H,88,93)/b17-15-,23-21-,29-27-,48-46+,56-54+,64-62+. The van der Waals surface area contributed by atoms with E-state index in [4.69, 9.17) is 28.4 Å². The molecule has 106 heavy (non-hydrogen) atoms. The number of ether oxygens (including phenoxy) is 6. The number of nitrogens with one attached hydrogen (secondary N) is 1. The first kappa shape index (κ1) is 97.4. The van der Waals surface area contributed by atoms with Gasteiger partial charge in [0.2, 0.25) is 5.91 Å². The lowest BCUT2D eigenvalue weighted by atomic mass is 9.96. The fourth-order valence-corrected chi connectivity index (χ4v) is 14.3. The highest BCUT2D eigenvalue weighted by molar-refractivity contribution is 5.76. The van der Waals surface area contributed by atoms with E-state index in [-0.39, 0.29) is 18.9 Å². The smallest absolute Gasteiger partial charge is 0.220 e. The summed E-state index contributed by atoms with van der Waals surface area (Å²) in [5.74, 6) is -0.287. The highest BCUT2D eigenvalue weighted by atomic mass is 16.8. The number of rotatable bonds is 69. The molecular formula is C87H157NO18. The summed E-state index contributed by atoms with van der Waals surface area (Å²) < 4.78 is 34.5. The summed E-state index contributed by atoms with van der Waals surface area (Å²) in [4.78, 5) is 13.5. The number of hydrogen-bond donors (Lipinski definition) is 12. The first-order chi connectivity index (χ1) is 51.8. The second-order valence-electron chi connectivity index (χ2n) is 30.6. The molecule has 0 aliphatic carbocycles. The van der Waals surface area contributed by atoms with E-state index >= 15 is 0 Å². The van der Waals surface area contributed by atoms with Crippen LogP contribution in [-0.4, -0.2) is 193 Å². The van der Waals surface area contributed by atoms with Gasteiger partial charge in [-0.2, -0.15) is 0 Å². The first-order valence-corrected chi connectivity index (χ1v) is 43.2. The van der Waals surface area contributed by atoms with Crippen LogP contribution >= 0.6 is 0 Å². The number of hydrogen-bond acceptors (Lipinski definition) is 18. The molecule has 0 bridgehead atoms.